The average molecular weight is 297 g/mol. The first kappa shape index (κ1) is 13.7. The first-order valence-corrected chi connectivity index (χ1v) is 5.77. The molecular weight excluding hydrogens is 288 g/mol. The van der Waals surface area contributed by atoms with Gasteiger partial charge in [0.2, 0.25) is 0 Å². The summed E-state index contributed by atoms with van der Waals surface area (Å²) in [5.74, 6) is 0.495. The van der Waals surface area contributed by atoms with E-state index in [1.807, 2.05) is 0 Å². The van der Waals surface area contributed by atoms with Crippen LogP contribution in [0.3, 0.4) is 0 Å². The van der Waals surface area contributed by atoms with Crippen LogP contribution >= 0.6 is 11.6 Å². The topological polar surface area (TPSA) is 126 Å². The van der Waals surface area contributed by atoms with Crippen molar-refractivity contribution in [2.45, 2.75) is 6.54 Å². The van der Waals surface area contributed by atoms with Gasteiger partial charge in [0.05, 0.1) is 22.2 Å². The van der Waals surface area contributed by atoms with Gasteiger partial charge in [-0.3, -0.25) is 15.2 Å². The van der Waals surface area contributed by atoms with E-state index < -0.39 is 11.0 Å². The second kappa shape index (κ2) is 5.97. The quantitative estimate of drug-likeness (QED) is 0.584. The molecule has 3 N–H and O–H groups in total. The van der Waals surface area contributed by atoms with Crippen LogP contribution in [0.15, 0.2) is 24.5 Å². The van der Waals surface area contributed by atoms with Gasteiger partial charge < -0.3 is 10.6 Å². The molecule has 0 bridgehead atoms. The second-order valence-electron chi connectivity index (χ2n) is 3.66. The maximum atomic E-state index is 11.6. The lowest BCUT2D eigenvalue weighted by atomic mass is 10.3. The van der Waals surface area contributed by atoms with Gasteiger partial charge in [-0.15, -0.1) is 0 Å². The highest BCUT2D eigenvalue weighted by Crippen LogP contribution is 2.26. The molecule has 0 unspecified atom stereocenters. The summed E-state index contributed by atoms with van der Waals surface area (Å²) in [4.78, 5) is 25.4. The van der Waals surface area contributed by atoms with Crippen LogP contribution in [-0.4, -0.2) is 26.1 Å². The molecule has 0 aliphatic rings. The number of nitrogens with zero attached hydrogens (tertiary/aromatic N) is 3. The predicted octanol–water partition coefficient (Wildman–Crippen LogP) is 1.69. The number of halogens is 1. The number of carbonyl (C=O) groups is 1. The fraction of sp³-hybridized carbons (Fsp3) is 0.100. The monoisotopic (exact) mass is 296 g/mol. The molecule has 2 aromatic rings. The first-order valence-electron chi connectivity index (χ1n) is 5.39. The molecule has 1 heterocycles. The largest absolute Gasteiger partial charge is 0.331 e. The number of nitro groups is 1. The highest BCUT2D eigenvalue weighted by atomic mass is 35.5. The van der Waals surface area contributed by atoms with E-state index in [-0.39, 0.29) is 22.9 Å². The zero-order valence-electron chi connectivity index (χ0n) is 9.96. The van der Waals surface area contributed by atoms with E-state index in [2.05, 4.69) is 25.8 Å². The molecular formula is C10H9ClN6O3. The third-order valence-electron chi connectivity index (χ3n) is 2.29. The van der Waals surface area contributed by atoms with Crippen molar-refractivity contribution in [2.24, 2.45) is 0 Å². The second-order valence-corrected chi connectivity index (χ2v) is 4.07. The Bertz CT molecular complexity index is 630. The Morgan fingerprint density at radius 3 is 2.90 bits per heavy atom. The van der Waals surface area contributed by atoms with Crippen molar-refractivity contribution in [1.29, 1.82) is 0 Å². The number of nitrogens with one attached hydrogen (secondary N) is 3. The van der Waals surface area contributed by atoms with Gasteiger partial charge in [-0.05, 0) is 6.07 Å². The minimum atomic E-state index is -0.570. The molecule has 0 spiro atoms. The van der Waals surface area contributed by atoms with Gasteiger partial charge in [0.15, 0.2) is 0 Å². The minimum Gasteiger partial charge on any atom is -0.331 e. The van der Waals surface area contributed by atoms with Crippen LogP contribution in [0.1, 0.15) is 5.82 Å². The fourth-order valence-electron chi connectivity index (χ4n) is 1.37. The first-order chi connectivity index (χ1) is 9.56. The SMILES string of the molecule is O=C(NCc1ncn[nH]1)Nc1ccc([N+](=O)[O-])cc1Cl. The number of H-pyrrole nitrogens is 1. The van der Waals surface area contributed by atoms with E-state index in [0.29, 0.717) is 5.82 Å². The van der Waals surface area contributed by atoms with E-state index in [9.17, 15) is 14.9 Å². The van der Waals surface area contributed by atoms with Gasteiger partial charge in [-0.1, -0.05) is 11.6 Å². The van der Waals surface area contributed by atoms with Crippen LogP contribution in [0, 0.1) is 10.1 Å². The van der Waals surface area contributed by atoms with Gasteiger partial charge in [0, 0.05) is 12.1 Å². The highest BCUT2D eigenvalue weighted by molar-refractivity contribution is 6.33. The number of benzene rings is 1. The fourth-order valence-corrected chi connectivity index (χ4v) is 1.59. The zero-order valence-corrected chi connectivity index (χ0v) is 10.7. The standard InChI is InChI=1S/C10H9ClN6O3/c11-7-3-6(17(19)20)1-2-8(7)15-10(18)12-4-9-13-5-14-16-9/h1-3,5H,4H2,(H2,12,15,18)(H,13,14,16). The normalized spacial score (nSPS) is 10.1. The molecule has 2 rings (SSSR count). The lowest BCUT2D eigenvalue weighted by molar-refractivity contribution is -0.384. The van der Waals surface area contributed by atoms with Crippen molar-refractivity contribution in [3.63, 3.8) is 0 Å². The summed E-state index contributed by atoms with van der Waals surface area (Å²) >= 11 is 5.84. The predicted molar refractivity (Wildman–Crippen MR) is 70.3 cm³/mol. The van der Waals surface area contributed by atoms with E-state index in [4.69, 9.17) is 11.6 Å². The third kappa shape index (κ3) is 3.42. The molecule has 10 heteroatoms. The molecule has 0 saturated heterocycles. The minimum absolute atomic E-state index is 0.0778. The Balaban J connectivity index is 1.95. The van der Waals surface area contributed by atoms with Crippen molar-refractivity contribution in [2.75, 3.05) is 5.32 Å². The molecule has 0 aliphatic heterocycles. The van der Waals surface area contributed by atoms with Crippen molar-refractivity contribution < 1.29 is 9.72 Å². The molecule has 0 radical (unpaired) electrons. The zero-order chi connectivity index (χ0) is 14.5. The molecule has 2 amide bonds. The van der Waals surface area contributed by atoms with Gasteiger partial charge in [0.25, 0.3) is 5.69 Å². The van der Waals surface area contributed by atoms with Crippen molar-refractivity contribution in [3.8, 4) is 0 Å². The van der Waals surface area contributed by atoms with Crippen molar-refractivity contribution in [1.82, 2.24) is 20.5 Å². The van der Waals surface area contributed by atoms with Crippen molar-refractivity contribution in [3.05, 3.63) is 45.5 Å². The number of rotatable bonds is 4. The summed E-state index contributed by atoms with van der Waals surface area (Å²) in [6.07, 6.45) is 1.32. The van der Waals surface area contributed by atoms with Gasteiger partial charge in [0.1, 0.15) is 12.2 Å². The summed E-state index contributed by atoms with van der Waals surface area (Å²) in [6.45, 7) is 0.163. The van der Waals surface area contributed by atoms with E-state index >= 15 is 0 Å². The molecule has 1 aromatic heterocycles. The third-order valence-corrected chi connectivity index (χ3v) is 2.61. The summed E-state index contributed by atoms with van der Waals surface area (Å²) < 4.78 is 0. The lowest BCUT2D eigenvalue weighted by Gasteiger charge is -2.07. The van der Waals surface area contributed by atoms with E-state index in [0.717, 1.165) is 6.07 Å². The maximum Gasteiger partial charge on any atom is 0.319 e. The Morgan fingerprint density at radius 1 is 1.50 bits per heavy atom. The molecule has 20 heavy (non-hydrogen) atoms. The Kier molecular flexibility index (Phi) is 4.11. The summed E-state index contributed by atoms with van der Waals surface area (Å²) in [6, 6.07) is 3.25. The van der Waals surface area contributed by atoms with Crippen molar-refractivity contribution >= 4 is 29.0 Å². The van der Waals surface area contributed by atoms with Gasteiger partial charge in [-0.25, -0.2) is 9.78 Å². The summed E-state index contributed by atoms with van der Waals surface area (Å²) in [7, 11) is 0. The number of anilines is 1. The number of aromatic nitrogens is 3. The highest BCUT2D eigenvalue weighted by Gasteiger charge is 2.11. The van der Waals surface area contributed by atoms with Crippen LogP contribution in [0.2, 0.25) is 5.02 Å². The number of urea groups is 1. The number of non-ortho nitro benzene ring substituents is 1. The number of nitro benzene ring substituents is 1. The Morgan fingerprint density at radius 2 is 2.30 bits per heavy atom. The van der Waals surface area contributed by atoms with Crippen LogP contribution < -0.4 is 10.6 Å². The lowest BCUT2D eigenvalue weighted by Crippen LogP contribution is -2.28. The van der Waals surface area contributed by atoms with Crippen LogP contribution in [0.4, 0.5) is 16.2 Å². The molecule has 0 saturated carbocycles. The van der Waals surface area contributed by atoms with E-state index in [1.54, 1.807) is 0 Å². The smallest absolute Gasteiger partial charge is 0.319 e. The number of aromatic amines is 1. The number of carbonyl (C=O) groups excluding carboxylic acids is 1. The molecule has 1 aromatic carbocycles. The van der Waals surface area contributed by atoms with Gasteiger partial charge >= 0.3 is 6.03 Å². The number of hydrogen-bond donors (Lipinski definition) is 3. The van der Waals surface area contributed by atoms with Crippen LogP contribution in [-0.2, 0) is 6.54 Å². The van der Waals surface area contributed by atoms with Crippen LogP contribution in [0.25, 0.3) is 0 Å². The van der Waals surface area contributed by atoms with Gasteiger partial charge in [-0.2, -0.15) is 5.10 Å². The number of hydrogen-bond acceptors (Lipinski definition) is 5. The maximum absolute atomic E-state index is 11.6. The Labute approximate surface area is 117 Å². The molecule has 0 atom stereocenters. The summed E-state index contributed by atoms with van der Waals surface area (Å²) in [5, 5.41) is 21.8. The Hall–Kier alpha value is -2.68. The number of amides is 2. The molecule has 0 fully saturated rings. The van der Waals surface area contributed by atoms with E-state index in [1.165, 1.54) is 18.5 Å². The van der Waals surface area contributed by atoms with Crippen LogP contribution in [0.5, 0.6) is 0 Å². The molecule has 9 nitrogen and oxygen atoms in total. The summed E-state index contributed by atoms with van der Waals surface area (Å²) in [5.41, 5.74) is 0.120. The average Bonchev–Trinajstić information content (AvgIpc) is 2.91. The molecule has 0 aliphatic carbocycles. The molecule has 104 valence electrons.